The van der Waals surface area contributed by atoms with E-state index in [4.69, 9.17) is 24.3 Å². The number of halogens is 2. The number of alkyl halides is 2. The average molecular weight is 516 g/mol. The van der Waals surface area contributed by atoms with Crippen molar-refractivity contribution in [2.75, 3.05) is 18.9 Å². The number of aliphatic hydroxyl groups is 1. The van der Waals surface area contributed by atoms with E-state index in [9.17, 15) is 28.0 Å². The largest absolute Gasteiger partial charge is 0.464 e. The number of aliphatic hydroxyl groups excluding tert-OH is 1. The number of nitrogens with one attached hydrogen (secondary N) is 1. The summed E-state index contributed by atoms with van der Waals surface area (Å²) < 4.78 is 64.3. The SMILES string of the molecule is Cc1ccc(OP(=O)(N[C@H]2CCOC2=O)OCC2O[C@@H](n3ccc(N)nc3=O)C(F)(F)[C@@H]2O)cc1. The van der Waals surface area contributed by atoms with Crippen LogP contribution >= 0.6 is 7.75 Å². The van der Waals surface area contributed by atoms with Crippen LogP contribution < -0.4 is 21.0 Å². The Bertz CT molecular complexity index is 1190. The summed E-state index contributed by atoms with van der Waals surface area (Å²) in [4.78, 5) is 27.3. The molecule has 0 spiro atoms. The summed E-state index contributed by atoms with van der Waals surface area (Å²) in [6.45, 7) is 1.08. The first-order valence-corrected chi connectivity index (χ1v) is 12.0. The number of cyclic esters (lactones) is 1. The van der Waals surface area contributed by atoms with E-state index < -0.39 is 56.4 Å². The first kappa shape index (κ1) is 25.2. The van der Waals surface area contributed by atoms with Gasteiger partial charge in [0.05, 0.1) is 13.2 Å². The van der Waals surface area contributed by atoms with Gasteiger partial charge in [0, 0.05) is 12.6 Å². The summed E-state index contributed by atoms with van der Waals surface area (Å²) in [5.74, 6) is -4.67. The topological polar surface area (TPSA) is 164 Å². The zero-order chi connectivity index (χ0) is 25.4. The zero-order valence-electron chi connectivity index (χ0n) is 18.4. The maximum atomic E-state index is 14.8. The van der Waals surface area contributed by atoms with Crippen LogP contribution in [0.5, 0.6) is 5.75 Å². The van der Waals surface area contributed by atoms with E-state index in [1.165, 1.54) is 12.1 Å². The van der Waals surface area contributed by atoms with Gasteiger partial charge in [-0.1, -0.05) is 17.7 Å². The number of ether oxygens (including phenoxy) is 2. The van der Waals surface area contributed by atoms with Gasteiger partial charge in [0.25, 0.3) is 0 Å². The molecular weight excluding hydrogens is 493 g/mol. The van der Waals surface area contributed by atoms with Crippen LogP contribution in [-0.4, -0.2) is 58.0 Å². The van der Waals surface area contributed by atoms with Gasteiger partial charge in [-0.3, -0.25) is 13.9 Å². The molecule has 2 unspecified atom stereocenters. The summed E-state index contributed by atoms with van der Waals surface area (Å²) in [5.41, 5.74) is 5.16. The van der Waals surface area contributed by atoms with E-state index in [-0.39, 0.29) is 24.6 Å². The minimum absolute atomic E-state index is 0.0871. The zero-order valence-corrected chi connectivity index (χ0v) is 19.3. The van der Waals surface area contributed by atoms with Crippen molar-refractivity contribution in [3.05, 3.63) is 52.6 Å². The van der Waals surface area contributed by atoms with Crippen molar-refractivity contribution in [2.24, 2.45) is 0 Å². The van der Waals surface area contributed by atoms with Gasteiger partial charge in [-0.15, -0.1) is 0 Å². The second-order valence-corrected chi connectivity index (χ2v) is 9.72. The predicted molar refractivity (Wildman–Crippen MR) is 116 cm³/mol. The van der Waals surface area contributed by atoms with E-state index in [2.05, 4.69) is 10.1 Å². The number of carbonyl (C=O) groups excluding carboxylic acids is 1. The van der Waals surface area contributed by atoms with E-state index in [0.29, 0.717) is 4.57 Å². The van der Waals surface area contributed by atoms with Crippen molar-refractivity contribution in [3.8, 4) is 5.75 Å². The van der Waals surface area contributed by atoms with E-state index in [0.717, 1.165) is 17.8 Å². The predicted octanol–water partition coefficient (Wildman–Crippen LogP) is 1.14. The third-order valence-electron chi connectivity index (χ3n) is 5.39. The Hall–Kier alpha value is -2.90. The summed E-state index contributed by atoms with van der Waals surface area (Å²) in [5, 5.41) is 12.7. The summed E-state index contributed by atoms with van der Waals surface area (Å²) in [7, 11) is -4.36. The molecule has 190 valence electrons. The number of hydrogen-bond donors (Lipinski definition) is 3. The molecule has 0 radical (unpaired) electrons. The van der Waals surface area contributed by atoms with Gasteiger partial charge in [-0.25, -0.2) is 9.36 Å². The Morgan fingerprint density at radius 3 is 2.66 bits per heavy atom. The molecule has 2 saturated heterocycles. The Morgan fingerprint density at radius 1 is 1.31 bits per heavy atom. The van der Waals surface area contributed by atoms with Crippen molar-refractivity contribution >= 4 is 19.5 Å². The van der Waals surface area contributed by atoms with E-state index in [1.54, 1.807) is 12.1 Å². The lowest BCUT2D eigenvalue weighted by molar-refractivity contribution is -0.141. The number of rotatable bonds is 8. The van der Waals surface area contributed by atoms with Crippen molar-refractivity contribution in [1.82, 2.24) is 14.6 Å². The quantitative estimate of drug-likeness (QED) is 0.340. The molecule has 0 bridgehead atoms. The molecule has 4 rings (SSSR count). The molecule has 2 aromatic rings. The highest BCUT2D eigenvalue weighted by Crippen LogP contribution is 2.48. The fourth-order valence-electron chi connectivity index (χ4n) is 3.51. The van der Waals surface area contributed by atoms with Crippen molar-refractivity contribution in [2.45, 2.75) is 43.7 Å². The number of benzene rings is 1. The second kappa shape index (κ2) is 9.63. The Balaban J connectivity index is 1.53. The molecule has 3 heterocycles. The molecule has 0 aliphatic carbocycles. The van der Waals surface area contributed by atoms with Crippen molar-refractivity contribution < 1.29 is 41.8 Å². The van der Waals surface area contributed by atoms with Crippen LogP contribution in [0.2, 0.25) is 0 Å². The number of carbonyl (C=O) groups is 1. The van der Waals surface area contributed by atoms with Gasteiger partial charge < -0.3 is 24.8 Å². The molecule has 35 heavy (non-hydrogen) atoms. The molecule has 0 amide bonds. The minimum Gasteiger partial charge on any atom is -0.464 e. The van der Waals surface area contributed by atoms with Gasteiger partial charge in [-0.2, -0.15) is 18.9 Å². The highest BCUT2D eigenvalue weighted by molar-refractivity contribution is 7.52. The highest BCUT2D eigenvalue weighted by atomic mass is 31.2. The van der Waals surface area contributed by atoms with Gasteiger partial charge >= 0.3 is 25.3 Å². The maximum Gasteiger partial charge on any atom is 0.459 e. The molecule has 12 nitrogen and oxygen atoms in total. The third kappa shape index (κ3) is 5.36. The standard InChI is InChI=1S/C20H23F2N4O8P/c1-11-2-4-12(5-3-11)34-35(30,25-13-7-9-31-17(13)28)32-10-14-16(27)20(21,22)18(33-14)26-8-6-15(23)24-19(26)29/h2-6,8,13-14,16,18,27H,7,9-10H2,1H3,(H,25,30)(H2,23,24,29)/t13-,14?,16+,18+,35?/m0/s1. The van der Waals surface area contributed by atoms with Gasteiger partial charge in [-0.05, 0) is 25.1 Å². The lowest BCUT2D eigenvalue weighted by Crippen LogP contribution is -2.42. The van der Waals surface area contributed by atoms with Crippen LogP contribution in [0.25, 0.3) is 0 Å². The molecule has 4 N–H and O–H groups in total. The number of nitrogens with zero attached hydrogens (tertiary/aromatic N) is 2. The monoisotopic (exact) mass is 516 g/mol. The lowest BCUT2D eigenvalue weighted by Gasteiger charge is -2.24. The molecule has 2 fully saturated rings. The van der Waals surface area contributed by atoms with Gasteiger partial charge in [0.1, 0.15) is 23.7 Å². The lowest BCUT2D eigenvalue weighted by atomic mass is 10.1. The molecular formula is C20H23F2N4O8P. The molecule has 2 aliphatic rings. The number of anilines is 1. The smallest absolute Gasteiger partial charge is 0.459 e. The van der Waals surface area contributed by atoms with Crippen LogP contribution in [-0.2, 0) is 23.4 Å². The van der Waals surface area contributed by atoms with Crippen molar-refractivity contribution in [1.29, 1.82) is 0 Å². The first-order chi connectivity index (χ1) is 16.5. The molecule has 0 saturated carbocycles. The van der Waals surface area contributed by atoms with Gasteiger partial charge in [0.15, 0.2) is 6.10 Å². The number of hydrogen-bond acceptors (Lipinski definition) is 10. The first-order valence-electron chi connectivity index (χ1n) is 10.5. The second-order valence-electron chi connectivity index (χ2n) is 8.02. The summed E-state index contributed by atoms with van der Waals surface area (Å²) >= 11 is 0. The third-order valence-corrected chi connectivity index (χ3v) is 6.96. The van der Waals surface area contributed by atoms with Crippen LogP contribution in [0.3, 0.4) is 0 Å². The number of esters is 1. The molecule has 5 atom stereocenters. The highest BCUT2D eigenvalue weighted by Gasteiger charge is 2.60. The van der Waals surface area contributed by atoms with Crippen molar-refractivity contribution in [3.63, 3.8) is 0 Å². The molecule has 15 heteroatoms. The number of aryl methyl sites for hydroxylation is 1. The Morgan fingerprint density at radius 2 is 2.03 bits per heavy atom. The average Bonchev–Trinajstić information content (AvgIpc) is 3.29. The van der Waals surface area contributed by atoms with Crippen LogP contribution in [0, 0.1) is 6.92 Å². The fraction of sp³-hybridized carbons (Fsp3) is 0.450. The number of aromatic nitrogens is 2. The normalized spacial score (nSPS) is 27.4. The minimum atomic E-state index is -4.36. The van der Waals surface area contributed by atoms with Crippen LogP contribution in [0.4, 0.5) is 14.6 Å². The molecule has 2 aliphatic heterocycles. The number of nitrogens with two attached hydrogens (primary N) is 1. The Kier molecular flexibility index (Phi) is 6.93. The van der Waals surface area contributed by atoms with E-state index >= 15 is 0 Å². The maximum absolute atomic E-state index is 14.8. The van der Waals surface area contributed by atoms with Gasteiger partial charge in [0.2, 0.25) is 6.23 Å². The van der Waals surface area contributed by atoms with Crippen LogP contribution in [0.15, 0.2) is 41.3 Å². The molecule has 1 aromatic carbocycles. The fourth-order valence-corrected chi connectivity index (χ4v) is 5.05. The molecule has 1 aromatic heterocycles. The van der Waals surface area contributed by atoms with E-state index in [1.807, 2.05) is 6.92 Å². The summed E-state index contributed by atoms with van der Waals surface area (Å²) in [6, 6.07) is 6.46. The van der Waals surface area contributed by atoms with Crippen LogP contribution in [0.1, 0.15) is 18.2 Å². The Labute approximate surface area is 197 Å². The number of nitrogen functional groups attached to an aromatic ring is 1. The summed E-state index contributed by atoms with van der Waals surface area (Å²) in [6.07, 6.45) is -5.23.